The molecular formula is C18H24N4O2S. The van der Waals surface area contributed by atoms with Crippen LogP contribution in [0.3, 0.4) is 0 Å². The van der Waals surface area contributed by atoms with Gasteiger partial charge in [0.15, 0.2) is 5.52 Å². The number of carbonyl (C=O) groups excluding carboxylic acids is 1. The first-order valence-corrected chi connectivity index (χ1v) is 9.72. The van der Waals surface area contributed by atoms with Crippen molar-refractivity contribution in [2.24, 2.45) is 0 Å². The molecule has 1 aliphatic rings. The van der Waals surface area contributed by atoms with Gasteiger partial charge in [-0.3, -0.25) is 9.59 Å². The lowest BCUT2D eigenvalue weighted by atomic mass is 9.97. The Balaban J connectivity index is 1.65. The second-order valence-corrected chi connectivity index (χ2v) is 7.48. The van der Waals surface area contributed by atoms with Crippen LogP contribution in [0.1, 0.15) is 49.7 Å². The number of aryl methyl sites for hydroxylation is 2. The summed E-state index contributed by atoms with van der Waals surface area (Å²) in [5.41, 5.74) is 2.30. The van der Waals surface area contributed by atoms with Crippen LogP contribution < -0.4 is 10.9 Å². The van der Waals surface area contributed by atoms with Gasteiger partial charge in [-0.15, -0.1) is 11.3 Å². The average molecular weight is 360 g/mol. The molecule has 2 aromatic heterocycles. The Kier molecular flexibility index (Phi) is 5.63. The van der Waals surface area contributed by atoms with E-state index < -0.39 is 0 Å². The predicted octanol–water partition coefficient (Wildman–Crippen LogP) is 2.73. The molecule has 2 heterocycles. The number of aromatic nitrogens is 3. The molecule has 0 fully saturated rings. The van der Waals surface area contributed by atoms with Crippen molar-refractivity contribution in [3.05, 3.63) is 32.7 Å². The van der Waals surface area contributed by atoms with Gasteiger partial charge < -0.3 is 5.32 Å². The molecule has 0 unspecified atom stereocenters. The van der Waals surface area contributed by atoms with Crippen molar-refractivity contribution in [2.45, 2.75) is 58.9 Å². The molecule has 0 spiro atoms. The molecule has 1 N–H and O–H groups in total. The molecule has 1 aliphatic carbocycles. The van der Waals surface area contributed by atoms with Gasteiger partial charge in [0.25, 0.3) is 5.56 Å². The summed E-state index contributed by atoms with van der Waals surface area (Å²) >= 11 is 1.50. The first-order chi connectivity index (χ1) is 12.1. The van der Waals surface area contributed by atoms with Crippen molar-refractivity contribution in [2.75, 3.05) is 6.54 Å². The number of allylic oxidation sites excluding steroid dienone is 1. The van der Waals surface area contributed by atoms with Crippen molar-refractivity contribution in [1.82, 2.24) is 20.1 Å². The molecule has 0 bridgehead atoms. The van der Waals surface area contributed by atoms with E-state index in [1.54, 1.807) is 0 Å². The SMILES string of the molecule is CCc1nc2c(=O)n(CC(=O)NCCC3=CCCCC3)nc(C)c2s1. The number of fused-ring (bicyclic) bond motifs is 1. The topological polar surface area (TPSA) is 76.9 Å². The third-order valence-corrected chi connectivity index (χ3v) is 5.77. The zero-order valence-corrected chi connectivity index (χ0v) is 15.6. The van der Waals surface area contributed by atoms with Gasteiger partial charge in [-0.2, -0.15) is 5.10 Å². The van der Waals surface area contributed by atoms with Crippen LogP contribution in [0, 0.1) is 6.92 Å². The fourth-order valence-corrected chi connectivity index (χ4v) is 4.03. The first kappa shape index (κ1) is 17.8. The molecule has 2 aromatic rings. The molecular weight excluding hydrogens is 336 g/mol. The summed E-state index contributed by atoms with van der Waals surface area (Å²) in [6.45, 7) is 4.41. The molecule has 3 rings (SSSR count). The number of amides is 1. The fraction of sp³-hybridized carbons (Fsp3) is 0.556. The van der Waals surface area contributed by atoms with E-state index in [1.807, 2.05) is 13.8 Å². The minimum Gasteiger partial charge on any atom is -0.354 e. The van der Waals surface area contributed by atoms with Crippen molar-refractivity contribution < 1.29 is 4.79 Å². The smallest absolute Gasteiger partial charge is 0.294 e. The molecule has 0 aliphatic heterocycles. The maximum absolute atomic E-state index is 12.5. The van der Waals surface area contributed by atoms with Crippen LogP contribution in [-0.2, 0) is 17.8 Å². The molecule has 0 aromatic carbocycles. The summed E-state index contributed by atoms with van der Waals surface area (Å²) in [4.78, 5) is 29.1. The Morgan fingerprint density at radius 2 is 2.24 bits per heavy atom. The third kappa shape index (κ3) is 4.15. The quantitative estimate of drug-likeness (QED) is 0.804. The monoisotopic (exact) mass is 360 g/mol. The third-order valence-electron chi connectivity index (χ3n) is 4.46. The Morgan fingerprint density at radius 1 is 1.40 bits per heavy atom. The van der Waals surface area contributed by atoms with E-state index in [9.17, 15) is 9.59 Å². The Morgan fingerprint density at radius 3 is 2.96 bits per heavy atom. The van der Waals surface area contributed by atoms with E-state index in [-0.39, 0.29) is 18.0 Å². The zero-order valence-electron chi connectivity index (χ0n) is 14.8. The lowest BCUT2D eigenvalue weighted by Gasteiger charge is -2.13. The Hall–Kier alpha value is -2.02. The van der Waals surface area contributed by atoms with Gasteiger partial charge in [-0.25, -0.2) is 9.67 Å². The maximum atomic E-state index is 12.5. The zero-order chi connectivity index (χ0) is 17.8. The van der Waals surface area contributed by atoms with Gasteiger partial charge in [0.1, 0.15) is 6.54 Å². The summed E-state index contributed by atoms with van der Waals surface area (Å²) in [7, 11) is 0. The largest absolute Gasteiger partial charge is 0.354 e. The van der Waals surface area contributed by atoms with Gasteiger partial charge in [0.2, 0.25) is 5.91 Å². The van der Waals surface area contributed by atoms with Crippen LogP contribution in [0.2, 0.25) is 0 Å². The van der Waals surface area contributed by atoms with Gasteiger partial charge >= 0.3 is 0 Å². The molecule has 0 saturated heterocycles. The van der Waals surface area contributed by atoms with E-state index in [4.69, 9.17) is 0 Å². The molecule has 0 atom stereocenters. The highest BCUT2D eigenvalue weighted by Gasteiger charge is 2.15. The van der Waals surface area contributed by atoms with Gasteiger partial charge in [0, 0.05) is 6.54 Å². The first-order valence-electron chi connectivity index (χ1n) is 8.90. The number of carbonyl (C=O) groups is 1. The van der Waals surface area contributed by atoms with Crippen molar-refractivity contribution in [3.8, 4) is 0 Å². The normalized spacial score (nSPS) is 14.6. The van der Waals surface area contributed by atoms with Gasteiger partial charge in [-0.1, -0.05) is 18.6 Å². The fourth-order valence-electron chi connectivity index (χ4n) is 3.09. The highest BCUT2D eigenvalue weighted by atomic mass is 32.1. The molecule has 0 radical (unpaired) electrons. The lowest BCUT2D eigenvalue weighted by Crippen LogP contribution is -2.34. The minimum absolute atomic E-state index is 0.0619. The number of thiazole rings is 1. The summed E-state index contributed by atoms with van der Waals surface area (Å²) in [5.74, 6) is -0.185. The van der Waals surface area contributed by atoms with Crippen LogP contribution >= 0.6 is 11.3 Å². The highest BCUT2D eigenvalue weighted by Crippen LogP contribution is 2.22. The number of hydrogen-bond donors (Lipinski definition) is 1. The summed E-state index contributed by atoms with van der Waals surface area (Å²) in [6.07, 6.45) is 8.75. The van der Waals surface area contributed by atoms with Crippen molar-refractivity contribution in [3.63, 3.8) is 0 Å². The molecule has 25 heavy (non-hydrogen) atoms. The van der Waals surface area contributed by atoms with Crippen molar-refractivity contribution in [1.29, 1.82) is 0 Å². The van der Waals surface area contributed by atoms with Crippen LogP contribution in [-0.4, -0.2) is 27.2 Å². The lowest BCUT2D eigenvalue weighted by molar-refractivity contribution is -0.121. The van der Waals surface area contributed by atoms with Crippen LogP contribution in [0.5, 0.6) is 0 Å². The molecule has 6 nitrogen and oxygen atoms in total. The predicted molar refractivity (Wildman–Crippen MR) is 100.0 cm³/mol. The number of nitrogens with zero attached hydrogens (tertiary/aromatic N) is 3. The van der Waals surface area contributed by atoms with E-state index >= 15 is 0 Å². The molecule has 0 saturated carbocycles. The van der Waals surface area contributed by atoms with Crippen LogP contribution in [0.4, 0.5) is 0 Å². The van der Waals surface area contributed by atoms with E-state index in [1.165, 1.54) is 34.4 Å². The minimum atomic E-state index is -0.290. The van der Waals surface area contributed by atoms with Crippen LogP contribution in [0.15, 0.2) is 16.4 Å². The number of rotatable bonds is 6. The molecule has 7 heteroatoms. The summed E-state index contributed by atoms with van der Waals surface area (Å²) in [6, 6.07) is 0. The number of nitrogens with one attached hydrogen (secondary N) is 1. The van der Waals surface area contributed by atoms with Gasteiger partial charge in [-0.05, 0) is 45.4 Å². The summed E-state index contributed by atoms with van der Waals surface area (Å²) < 4.78 is 2.05. The second kappa shape index (κ2) is 7.91. The van der Waals surface area contributed by atoms with E-state index in [0.29, 0.717) is 12.1 Å². The Labute approximate surface area is 151 Å². The summed E-state index contributed by atoms with van der Waals surface area (Å²) in [5, 5.41) is 8.10. The Bertz CT molecular complexity index is 866. The molecule has 134 valence electrons. The van der Waals surface area contributed by atoms with Crippen LogP contribution in [0.25, 0.3) is 10.2 Å². The number of hydrogen-bond acceptors (Lipinski definition) is 5. The standard InChI is InChI=1S/C18H24N4O2S/c1-3-15-20-16-17(25-15)12(2)21-22(18(16)24)11-14(23)19-10-9-13-7-5-4-6-8-13/h7H,3-6,8-11H2,1-2H3,(H,19,23). The van der Waals surface area contributed by atoms with E-state index in [2.05, 4.69) is 21.5 Å². The molecule has 1 amide bonds. The highest BCUT2D eigenvalue weighted by molar-refractivity contribution is 7.18. The van der Waals surface area contributed by atoms with Crippen molar-refractivity contribution >= 4 is 27.5 Å². The van der Waals surface area contributed by atoms with E-state index in [0.717, 1.165) is 41.1 Å². The average Bonchev–Trinajstić information content (AvgIpc) is 3.06. The van der Waals surface area contributed by atoms with Gasteiger partial charge in [0.05, 0.1) is 15.4 Å². The maximum Gasteiger partial charge on any atom is 0.294 e. The second-order valence-electron chi connectivity index (χ2n) is 6.40.